The Kier molecular flexibility index (Phi) is 3.79. The first-order chi connectivity index (χ1) is 9.72. The summed E-state index contributed by atoms with van der Waals surface area (Å²) < 4.78 is 10.9. The van der Waals surface area contributed by atoms with Crippen LogP contribution in [0.25, 0.3) is 0 Å². The van der Waals surface area contributed by atoms with Gasteiger partial charge in [0.2, 0.25) is 0 Å². The Morgan fingerprint density at radius 2 is 2.15 bits per heavy atom. The first-order valence-corrected chi connectivity index (χ1v) is 7.26. The number of nitrogens with one attached hydrogen (secondary N) is 1. The van der Waals surface area contributed by atoms with Crippen LogP contribution in [0.15, 0.2) is 41.0 Å². The van der Waals surface area contributed by atoms with Gasteiger partial charge in [-0.15, -0.1) is 0 Å². The third-order valence-corrected chi connectivity index (χ3v) is 3.84. The topological polar surface area (TPSA) is 34.4 Å². The number of benzene rings is 1. The molecule has 0 radical (unpaired) electrons. The summed E-state index contributed by atoms with van der Waals surface area (Å²) in [6.45, 7) is 5.21. The van der Waals surface area contributed by atoms with E-state index in [1.165, 1.54) is 11.1 Å². The number of furan rings is 1. The standard InChI is InChI=1S/C17H21NO2/c1-12(10-16-4-3-8-19-16)18-13(2)14-5-6-17-15(11-14)7-9-20-17/h3-6,8,11-13,18H,7,9-10H2,1-2H3. The van der Waals surface area contributed by atoms with Gasteiger partial charge in [-0.05, 0) is 43.2 Å². The molecule has 0 spiro atoms. The van der Waals surface area contributed by atoms with Crippen LogP contribution < -0.4 is 10.1 Å². The average molecular weight is 271 g/mol. The van der Waals surface area contributed by atoms with Crippen molar-refractivity contribution in [3.05, 3.63) is 53.5 Å². The van der Waals surface area contributed by atoms with Crippen molar-refractivity contribution in [3.8, 4) is 5.75 Å². The summed E-state index contributed by atoms with van der Waals surface area (Å²) in [6, 6.07) is 11.2. The zero-order valence-corrected chi connectivity index (χ0v) is 12.1. The largest absolute Gasteiger partial charge is 0.493 e. The van der Waals surface area contributed by atoms with E-state index in [2.05, 4.69) is 37.4 Å². The predicted octanol–water partition coefficient (Wildman–Crippen LogP) is 3.50. The molecule has 3 heteroatoms. The molecule has 0 fully saturated rings. The monoisotopic (exact) mass is 271 g/mol. The fourth-order valence-electron chi connectivity index (χ4n) is 2.79. The Morgan fingerprint density at radius 3 is 2.95 bits per heavy atom. The first kappa shape index (κ1) is 13.3. The van der Waals surface area contributed by atoms with Crippen molar-refractivity contribution >= 4 is 0 Å². The Bertz CT molecular complexity index is 562. The lowest BCUT2D eigenvalue weighted by Gasteiger charge is -2.20. The van der Waals surface area contributed by atoms with Crippen molar-refractivity contribution in [2.45, 2.75) is 38.8 Å². The van der Waals surface area contributed by atoms with Gasteiger partial charge < -0.3 is 14.5 Å². The van der Waals surface area contributed by atoms with Crippen LogP contribution in [0.3, 0.4) is 0 Å². The van der Waals surface area contributed by atoms with Gasteiger partial charge in [0.25, 0.3) is 0 Å². The molecule has 2 heterocycles. The van der Waals surface area contributed by atoms with E-state index in [4.69, 9.17) is 9.15 Å². The maximum Gasteiger partial charge on any atom is 0.122 e. The van der Waals surface area contributed by atoms with Crippen LogP contribution in [0.4, 0.5) is 0 Å². The van der Waals surface area contributed by atoms with Gasteiger partial charge in [-0.3, -0.25) is 0 Å². The quantitative estimate of drug-likeness (QED) is 0.904. The maximum atomic E-state index is 5.55. The molecule has 2 unspecified atom stereocenters. The summed E-state index contributed by atoms with van der Waals surface area (Å²) in [7, 11) is 0. The molecular weight excluding hydrogens is 250 g/mol. The zero-order chi connectivity index (χ0) is 13.9. The summed E-state index contributed by atoms with van der Waals surface area (Å²) in [5, 5.41) is 3.62. The lowest BCUT2D eigenvalue weighted by Crippen LogP contribution is -2.30. The van der Waals surface area contributed by atoms with Crippen molar-refractivity contribution in [2.75, 3.05) is 6.61 Å². The summed E-state index contributed by atoms with van der Waals surface area (Å²) in [5.74, 6) is 2.07. The van der Waals surface area contributed by atoms with Crippen LogP contribution in [0.5, 0.6) is 5.75 Å². The second-order valence-electron chi connectivity index (χ2n) is 5.54. The molecule has 0 saturated heterocycles. The highest BCUT2D eigenvalue weighted by molar-refractivity contribution is 5.40. The Hall–Kier alpha value is -1.74. The van der Waals surface area contributed by atoms with E-state index in [1.54, 1.807) is 6.26 Å². The minimum Gasteiger partial charge on any atom is -0.493 e. The van der Waals surface area contributed by atoms with E-state index in [9.17, 15) is 0 Å². The predicted molar refractivity (Wildman–Crippen MR) is 79.1 cm³/mol. The maximum absolute atomic E-state index is 5.55. The number of fused-ring (bicyclic) bond motifs is 1. The Morgan fingerprint density at radius 1 is 1.25 bits per heavy atom. The van der Waals surface area contributed by atoms with Gasteiger partial charge in [-0.2, -0.15) is 0 Å². The van der Waals surface area contributed by atoms with E-state index in [1.807, 2.05) is 12.1 Å². The Balaban J connectivity index is 1.62. The molecule has 1 aromatic heterocycles. The average Bonchev–Trinajstić information content (AvgIpc) is 3.07. The molecule has 106 valence electrons. The highest BCUT2D eigenvalue weighted by Crippen LogP contribution is 2.28. The number of hydrogen-bond acceptors (Lipinski definition) is 3. The molecule has 1 N–H and O–H groups in total. The molecule has 2 atom stereocenters. The van der Waals surface area contributed by atoms with E-state index < -0.39 is 0 Å². The molecule has 20 heavy (non-hydrogen) atoms. The molecule has 1 aliphatic rings. The fraction of sp³-hybridized carbons (Fsp3) is 0.412. The second kappa shape index (κ2) is 5.71. The number of rotatable bonds is 5. The summed E-state index contributed by atoms with van der Waals surface area (Å²) in [6.07, 6.45) is 3.66. The van der Waals surface area contributed by atoms with E-state index in [0.717, 1.165) is 31.0 Å². The Labute approximate surface area is 119 Å². The van der Waals surface area contributed by atoms with Crippen LogP contribution in [-0.4, -0.2) is 12.6 Å². The molecule has 1 aliphatic heterocycles. The van der Waals surface area contributed by atoms with Crippen molar-refractivity contribution in [1.29, 1.82) is 0 Å². The SMILES string of the molecule is CC(Cc1ccco1)NC(C)c1ccc2c(c1)CCO2. The van der Waals surface area contributed by atoms with Crippen LogP contribution >= 0.6 is 0 Å². The van der Waals surface area contributed by atoms with Crippen LogP contribution in [0.2, 0.25) is 0 Å². The molecule has 0 amide bonds. The van der Waals surface area contributed by atoms with Gasteiger partial charge in [-0.1, -0.05) is 12.1 Å². The molecule has 1 aromatic carbocycles. The van der Waals surface area contributed by atoms with Gasteiger partial charge >= 0.3 is 0 Å². The first-order valence-electron chi connectivity index (χ1n) is 7.26. The smallest absolute Gasteiger partial charge is 0.122 e. The molecule has 3 rings (SSSR count). The summed E-state index contributed by atoms with van der Waals surface area (Å²) >= 11 is 0. The van der Waals surface area contributed by atoms with Crippen LogP contribution in [-0.2, 0) is 12.8 Å². The van der Waals surface area contributed by atoms with Gasteiger partial charge in [0, 0.05) is 24.9 Å². The van der Waals surface area contributed by atoms with E-state index in [0.29, 0.717) is 12.1 Å². The normalized spacial score (nSPS) is 16.5. The highest BCUT2D eigenvalue weighted by atomic mass is 16.5. The third-order valence-electron chi connectivity index (χ3n) is 3.84. The minimum absolute atomic E-state index is 0.325. The van der Waals surface area contributed by atoms with E-state index in [-0.39, 0.29) is 0 Å². The highest BCUT2D eigenvalue weighted by Gasteiger charge is 2.16. The molecule has 0 saturated carbocycles. The molecule has 3 nitrogen and oxygen atoms in total. The summed E-state index contributed by atoms with van der Waals surface area (Å²) in [5.41, 5.74) is 2.65. The van der Waals surface area contributed by atoms with E-state index >= 15 is 0 Å². The molecular formula is C17H21NO2. The zero-order valence-electron chi connectivity index (χ0n) is 12.1. The second-order valence-corrected chi connectivity index (χ2v) is 5.54. The lowest BCUT2D eigenvalue weighted by atomic mass is 10.0. The van der Waals surface area contributed by atoms with Gasteiger partial charge in [0.1, 0.15) is 11.5 Å². The van der Waals surface area contributed by atoms with Crippen molar-refractivity contribution in [2.24, 2.45) is 0 Å². The fourth-order valence-corrected chi connectivity index (χ4v) is 2.79. The molecule has 0 bridgehead atoms. The van der Waals surface area contributed by atoms with Crippen molar-refractivity contribution in [1.82, 2.24) is 5.32 Å². The van der Waals surface area contributed by atoms with Gasteiger partial charge in [0.05, 0.1) is 12.9 Å². The number of ether oxygens (including phenoxy) is 1. The number of hydrogen-bond donors (Lipinski definition) is 1. The van der Waals surface area contributed by atoms with Crippen LogP contribution in [0, 0.1) is 0 Å². The minimum atomic E-state index is 0.325. The molecule has 2 aromatic rings. The lowest BCUT2D eigenvalue weighted by molar-refractivity contribution is 0.356. The summed E-state index contributed by atoms with van der Waals surface area (Å²) in [4.78, 5) is 0. The third kappa shape index (κ3) is 2.88. The van der Waals surface area contributed by atoms with Crippen molar-refractivity contribution in [3.63, 3.8) is 0 Å². The van der Waals surface area contributed by atoms with Crippen molar-refractivity contribution < 1.29 is 9.15 Å². The molecule has 0 aliphatic carbocycles. The van der Waals surface area contributed by atoms with Crippen LogP contribution in [0.1, 0.15) is 36.8 Å². The van der Waals surface area contributed by atoms with Gasteiger partial charge in [-0.25, -0.2) is 0 Å². The van der Waals surface area contributed by atoms with Gasteiger partial charge in [0.15, 0.2) is 0 Å².